The van der Waals surface area contributed by atoms with Crippen LogP contribution in [0.5, 0.6) is 0 Å². The molecule has 6 rings (SSSR count). The lowest BCUT2D eigenvalue weighted by atomic mass is 9.84. The smallest absolute Gasteiger partial charge is 0.298 e. The minimum atomic E-state index is 0.217. The molecule has 0 amide bonds. The van der Waals surface area contributed by atoms with Crippen LogP contribution in [0.4, 0.5) is 6.01 Å². The van der Waals surface area contributed by atoms with Crippen LogP contribution in [-0.4, -0.2) is 53.7 Å². The Morgan fingerprint density at radius 3 is 2.94 bits per heavy atom. The van der Waals surface area contributed by atoms with Crippen molar-refractivity contribution < 1.29 is 4.42 Å². The van der Waals surface area contributed by atoms with Crippen molar-refractivity contribution in [3.63, 3.8) is 0 Å². The SMILES string of the molecule is O=c1c(CN2CCCN(c3nc4ccccc4o3)CC2)ccc2n1C[C@@H]1CNC[C@H]2C1. The topological polar surface area (TPSA) is 66.5 Å². The summed E-state index contributed by atoms with van der Waals surface area (Å²) in [5.41, 5.74) is 4.10. The Morgan fingerprint density at radius 2 is 2.00 bits per heavy atom. The summed E-state index contributed by atoms with van der Waals surface area (Å²) in [5, 5.41) is 3.52. The molecule has 3 aliphatic heterocycles. The number of nitrogens with one attached hydrogen (secondary N) is 1. The number of nitrogens with zero attached hydrogens (tertiary/aromatic N) is 4. The van der Waals surface area contributed by atoms with E-state index in [-0.39, 0.29) is 5.56 Å². The minimum Gasteiger partial charge on any atom is -0.423 e. The maximum absolute atomic E-state index is 13.3. The predicted octanol–water partition coefficient (Wildman–Crippen LogP) is 2.41. The van der Waals surface area contributed by atoms with Crippen molar-refractivity contribution >= 4 is 17.1 Å². The van der Waals surface area contributed by atoms with Gasteiger partial charge in [-0.05, 0) is 43.5 Å². The molecule has 162 valence electrons. The summed E-state index contributed by atoms with van der Waals surface area (Å²) in [6.07, 6.45) is 2.24. The number of hydrogen-bond donors (Lipinski definition) is 1. The highest BCUT2D eigenvalue weighted by Gasteiger charge is 2.31. The van der Waals surface area contributed by atoms with E-state index >= 15 is 0 Å². The summed E-state index contributed by atoms with van der Waals surface area (Å²) in [6, 6.07) is 12.9. The van der Waals surface area contributed by atoms with Crippen molar-refractivity contribution in [2.75, 3.05) is 44.2 Å². The quantitative estimate of drug-likeness (QED) is 0.703. The summed E-state index contributed by atoms with van der Waals surface area (Å²) < 4.78 is 8.04. The van der Waals surface area contributed by atoms with Gasteiger partial charge in [0.15, 0.2) is 5.58 Å². The van der Waals surface area contributed by atoms with Crippen LogP contribution in [0.2, 0.25) is 0 Å². The molecule has 2 bridgehead atoms. The molecule has 0 spiro atoms. The van der Waals surface area contributed by atoms with Gasteiger partial charge in [-0.25, -0.2) is 0 Å². The molecule has 1 aromatic carbocycles. The molecule has 2 saturated heterocycles. The van der Waals surface area contributed by atoms with Crippen LogP contribution in [-0.2, 0) is 13.1 Å². The van der Waals surface area contributed by atoms with E-state index in [0.29, 0.717) is 24.4 Å². The van der Waals surface area contributed by atoms with Gasteiger partial charge in [-0.1, -0.05) is 18.2 Å². The van der Waals surface area contributed by atoms with E-state index in [1.54, 1.807) is 0 Å². The number of anilines is 1. The van der Waals surface area contributed by atoms with Crippen molar-refractivity contribution in [2.24, 2.45) is 5.92 Å². The third kappa shape index (κ3) is 3.55. The van der Waals surface area contributed by atoms with Gasteiger partial charge in [0.25, 0.3) is 11.6 Å². The number of hydrogen-bond acceptors (Lipinski definition) is 6. The highest BCUT2D eigenvalue weighted by molar-refractivity contribution is 5.74. The number of fused-ring (bicyclic) bond motifs is 5. The zero-order valence-corrected chi connectivity index (χ0v) is 17.8. The summed E-state index contributed by atoms with van der Waals surface area (Å²) >= 11 is 0. The second-order valence-electron chi connectivity index (χ2n) is 9.24. The van der Waals surface area contributed by atoms with Crippen LogP contribution in [0.25, 0.3) is 11.1 Å². The summed E-state index contributed by atoms with van der Waals surface area (Å²) in [7, 11) is 0. The molecule has 7 heteroatoms. The second kappa shape index (κ2) is 7.80. The van der Waals surface area contributed by atoms with Crippen LogP contribution in [0.15, 0.2) is 45.6 Å². The third-order valence-corrected chi connectivity index (χ3v) is 7.12. The number of piperidine rings is 1. The fourth-order valence-electron chi connectivity index (χ4n) is 5.51. The maximum Gasteiger partial charge on any atom is 0.298 e. The lowest BCUT2D eigenvalue weighted by Crippen LogP contribution is -2.45. The molecule has 1 N–H and O–H groups in total. The first kappa shape index (κ1) is 19.1. The van der Waals surface area contributed by atoms with E-state index in [0.717, 1.165) is 68.9 Å². The molecule has 5 heterocycles. The third-order valence-electron chi connectivity index (χ3n) is 7.12. The second-order valence-corrected chi connectivity index (χ2v) is 9.24. The Hall–Kier alpha value is -2.64. The zero-order chi connectivity index (χ0) is 20.8. The standard InChI is InChI=1S/C24H29N5O2/c30-23-18(6-7-21-19-12-17(13-25-14-19)15-29(21)23)16-27-8-3-9-28(11-10-27)24-26-20-4-1-2-5-22(20)31-24/h1-2,4-7,17,19,25H,3,8-16H2/t17-,19+/m0/s1. The van der Waals surface area contributed by atoms with Gasteiger partial charge in [0.05, 0.1) is 0 Å². The number of pyridine rings is 1. The van der Waals surface area contributed by atoms with Gasteiger partial charge < -0.3 is 19.2 Å². The van der Waals surface area contributed by atoms with Gasteiger partial charge in [-0.15, -0.1) is 0 Å². The van der Waals surface area contributed by atoms with E-state index in [1.165, 1.54) is 12.1 Å². The van der Waals surface area contributed by atoms with Crippen LogP contribution in [0.1, 0.15) is 30.0 Å². The van der Waals surface area contributed by atoms with Gasteiger partial charge in [0.2, 0.25) is 0 Å². The predicted molar refractivity (Wildman–Crippen MR) is 121 cm³/mol. The van der Waals surface area contributed by atoms with Crippen molar-refractivity contribution in [3.05, 3.63) is 58.0 Å². The largest absolute Gasteiger partial charge is 0.423 e. The normalized spacial score (nSPS) is 24.2. The molecule has 0 unspecified atom stereocenters. The first-order valence-corrected chi connectivity index (χ1v) is 11.5. The highest BCUT2D eigenvalue weighted by Crippen LogP contribution is 2.32. The Morgan fingerprint density at radius 1 is 1.06 bits per heavy atom. The minimum absolute atomic E-state index is 0.217. The monoisotopic (exact) mass is 419 g/mol. The molecular formula is C24H29N5O2. The van der Waals surface area contributed by atoms with Crippen molar-refractivity contribution in [2.45, 2.75) is 31.8 Å². The lowest BCUT2D eigenvalue weighted by Gasteiger charge is -2.37. The number of oxazole rings is 1. The summed E-state index contributed by atoms with van der Waals surface area (Å²) in [6.45, 7) is 7.25. The van der Waals surface area contributed by atoms with E-state index in [4.69, 9.17) is 4.42 Å². The number of rotatable bonds is 3. The number of aromatic nitrogens is 2. The first-order valence-electron chi connectivity index (χ1n) is 11.5. The van der Waals surface area contributed by atoms with Gasteiger partial charge >= 0.3 is 0 Å². The highest BCUT2D eigenvalue weighted by atomic mass is 16.4. The van der Waals surface area contributed by atoms with E-state index in [1.807, 2.05) is 24.3 Å². The molecule has 2 aromatic heterocycles. The van der Waals surface area contributed by atoms with Crippen molar-refractivity contribution in [3.8, 4) is 0 Å². The van der Waals surface area contributed by atoms with Crippen LogP contribution >= 0.6 is 0 Å². The Labute approximate surface area is 181 Å². The molecule has 3 aliphatic rings. The number of para-hydroxylation sites is 2. The van der Waals surface area contributed by atoms with Gasteiger partial charge in [0.1, 0.15) is 5.52 Å². The average Bonchev–Trinajstić information content (AvgIpc) is 3.08. The maximum atomic E-state index is 13.3. The molecule has 31 heavy (non-hydrogen) atoms. The van der Waals surface area contributed by atoms with Gasteiger partial charge in [-0.3, -0.25) is 9.69 Å². The summed E-state index contributed by atoms with van der Waals surface area (Å²) in [5.74, 6) is 1.07. The molecule has 2 atom stereocenters. The number of benzene rings is 1. The van der Waals surface area contributed by atoms with Gasteiger partial charge in [0, 0.05) is 63.0 Å². The van der Waals surface area contributed by atoms with E-state index < -0.39 is 0 Å². The first-order chi connectivity index (χ1) is 15.2. The fraction of sp³-hybridized carbons (Fsp3) is 0.500. The average molecular weight is 420 g/mol. The molecule has 0 aliphatic carbocycles. The molecule has 0 saturated carbocycles. The Balaban J connectivity index is 1.17. The van der Waals surface area contributed by atoms with Crippen molar-refractivity contribution in [1.29, 1.82) is 0 Å². The lowest BCUT2D eigenvalue weighted by molar-refractivity contribution is 0.252. The summed E-state index contributed by atoms with van der Waals surface area (Å²) in [4.78, 5) is 22.6. The molecular weight excluding hydrogens is 390 g/mol. The van der Waals surface area contributed by atoms with Crippen LogP contribution < -0.4 is 15.8 Å². The molecule has 0 radical (unpaired) electrons. The zero-order valence-electron chi connectivity index (χ0n) is 17.8. The van der Waals surface area contributed by atoms with Crippen molar-refractivity contribution in [1.82, 2.24) is 19.8 Å². The molecule has 2 fully saturated rings. The molecule has 3 aromatic rings. The Kier molecular flexibility index (Phi) is 4.80. The van der Waals surface area contributed by atoms with Crippen LogP contribution in [0.3, 0.4) is 0 Å². The van der Waals surface area contributed by atoms with Crippen LogP contribution in [0, 0.1) is 5.92 Å². The van der Waals surface area contributed by atoms with E-state index in [9.17, 15) is 4.79 Å². The van der Waals surface area contributed by atoms with E-state index in [2.05, 4.69) is 36.8 Å². The Bertz CT molecular complexity index is 1120. The molecule has 7 nitrogen and oxygen atoms in total. The van der Waals surface area contributed by atoms with Gasteiger partial charge in [-0.2, -0.15) is 4.98 Å². The fourth-order valence-corrected chi connectivity index (χ4v) is 5.51.